The molecule has 5 heteroatoms. The lowest BCUT2D eigenvalue weighted by Crippen LogP contribution is -2.46. The van der Waals surface area contributed by atoms with E-state index < -0.39 is 0 Å². The predicted octanol–water partition coefficient (Wildman–Crippen LogP) is 3.33. The van der Waals surface area contributed by atoms with E-state index in [4.69, 9.17) is 4.74 Å². The van der Waals surface area contributed by atoms with Crippen molar-refractivity contribution >= 4 is 5.91 Å². The predicted molar refractivity (Wildman–Crippen MR) is 94.8 cm³/mol. The van der Waals surface area contributed by atoms with Gasteiger partial charge >= 0.3 is 0 Å². The number of aromatic nitrogens is 1. The summed E-state index contributed by atoms with van der Waals surface area (Å²) in [5.41, 5.74) is 0.831. The zero-order valence-corrected chi connectivity index (χ0v) is 14.1. The van der Waals surface area contributed by atoms with E-state index in [-0.39, 0.29) is 28.8 Å². The number of nitrogens with one attached hydrogen (secondary N) is 2. The number of carbonyl (C=O) groups is 1. The van der Waals surface area contributed by atoms with Gasteiger partial charge in [0.25, 0.3) is 5.91 Å². The number of pyridine rings is 1. The van der Waals surface area contributed by atoms with Crippen LogP contribution in [-0.4, -0.2) is 16.5 Å². The third-order valence-electron chi connectivity index (χ3n) is 5.28. The van der Waals surface area contributed by atoms with Crippen LogP contribution in [0.5, 0.6) is 5.75 Å². The van der Waals surface area contributed by atoms with E-state index in [1.165, 1.54) is 12.5 Å². The van der Waals surface area contributed by atoms with Gasteiger partial charge in [0.05, 0.1) is 6.04 Å². The summed E-state index contributed by atoms with van der Waals surface area (Å²) in [6.45, 7) is 0. The van der Waals surface area contributed by atoms with Gasteiger partial charge in [0.2, 0.25) is 5.56 Å². The summed E-state index contributed by atoms with van der Waals surface area (Å²) >= 11 is 0. The number of hydrogen-bond donors (Lipinski definition) is 2. The van der Waals surface area contributed by atoms with Crippen molar-refractivity contribution in [1.29, 1.82) is 0 Å². The van der Waals surface area contributed by atoms with Crippen molar-refractivity contribution in [2.45, 2.75) is 50.2 Å². The second-order valence-corrected chi connectivity index (χ2v) is 7.04. The SMILES string of the molecule is O=C(N[C@@H]1CC2(CCCCC2)Oc2ccccc21)c1cccc(=O)[nH]1. The van der Waals surface area contributed by atoms with Crippen LogP contribution < -0.4 is 15.6 Å². The molecule has 1 amide bonds. The first-order valence-electron chi connectivity index (χ1n) is 8.93. The van der Waals surface area contributed by atoms with Gasteiger partial charge in [0.15, 0.2) is 0 Å². The van der Waals surface area contributed by atoms with Gasteiger partial charge in [-0.05, 0) is 37.8 Å². The molecule has 1 fully saturated rings. The highest BCUT2D eigenvalue weighted by atomic mass is 16.5. The summed E-state index contributed by atoms with van der Waals surface area (Å²) in [6.07, 6.45) is 6.39. The van der Waals surface area contributed by atoms with Crippen LogP contribution in [0.25, 0.3) is 0 Å². The third kappa shape index (κ3) is 3.18. The van der Waals surface area contributed by atoms with E-state index in [1.54, 1.807) is 12.1 Å². The van der Waals surface area contributed by atoms with Crippen molar-refractivity contribution in [2.24, 2.45) is 0 Å². The lowest BCUT2D eigenvalue weighted by atomic mass is 9.77. The lowest BCUT2D eigenvalue weighted by Gasteiger charge is -2.44. The first kappa shape index (κ1) is 15.9. The van der Waals surface area contributed by atoms with E-state index in [9.17, 15) is 9.59 Å². The van der Waals surface area contributed by atoms with Crippen molar-refractivity contribution in [1.82, 2.24) is 10.3 Å². The molecule has 0 radical (unpaired) electrons. The molecule has 2 heterocycles. The molecule has 0 bridgehead atoms. The highest BCUT2D eigenvalue weighted by Crippen LogP contribution is 2.46. The molecule has 1 aromatic heterocycles. The quantitative estimate of drug-likeness (QED) is 0.882. The summed E-state index contributed by atoms with van der Waals surface area (Å²) in [7, 11) is 0. The Morgan fingerprint density at radius 1 is 1.08 bits per heavy atom. The number of para-hydroxylation sites is 1. The molecule has 5 nitrogen and oxygen atoms in total. The van der Waals surface area contributed by atoms with Crippen molar-refractivity contribution < 1.29 is 9.53 Å². The van der Waals surface area contributed by atoms with Crippen molar-refractivity contribution in [3.05, 3.63) is 64.1 Å². The Morgan fingerprint density at radius 3 is 2.68 bits per heavy atom. The fraction of sp³-hybridized carbons (Fsp3) is 0.400. The smallest absolute Gasteiger partial charge is 0.268 e. The number of carbonyl (C=O) groups excluding carboxylic acids is 1. The number of ether oxygens (including phenoxy) is 1. The molecule has 1 atom stereocenters. The number of H-pyrrole nitrogens is 1. The van der Waals surface area contributed by atoms with Gasteiger partial charge in [-0.25, -0.2) is 0 Å². The maximum Gasteiger partial charge on any atom is 0.268 e. The van der Waals surface area contributed by atoms with E-state index >= 15 is 0 Å². The van der Waals surface area contributed by atoms with Crippen LogP contribution in [0.2, 0.25) is 0 Å². The van der Waals surface area contributed by atoms with Crippen LogP contribution in [0, 0.1) is 0 Å². The second kappa shape index (κ2) is 6.39. The topological polar surface area (TPSA) is 71.2 Å². The molecule has 1 spiro atoms. The van der Waals surface area contributed by atoms with Gasteiger partial charge in [0, 0.05) is 18.1 Å². The monoisotopic (exact) mass is 338 g/mol. The number of fused-ring (bicyclic) bond motifs is 1. The van der Waals surface area contributed by atoms with Gasteiger partial charge in [-0.2, -0.15) is 0 Å². The summed E-state index contributed by atoms with van der Waals surface area (Å²) in [4.78, 5) is 26.7. The molecule has 130 valence electrons. The largest absolute Gasteiger partial charge is 0.487 e. The van der Waals surface area contributed by atoms with Crippen LogP contribution in [-0.2, 0) is 0 Å². The Kier molecular flexibility index (Phi) is 4.07. The zero-order chi connectivity index (χ0) is 17.3. The highest BCUT2D eigenvalue weighted by Gasteiger charge is 2.42. The van der Waals surface area contributed by atoms with Gasteiger partial charge in [0.1, 0.15) is 17.0 Å². The number of benzene rings is 1. The first-order valence-corrected chi connectivity index (χ1v) is 8.93. The van der Waals surface area contributed by atoms with Crippen LogP contribution in [0.3, 0.4) is 0 Å². The molecule has 0 saturated heterocycles. The minimum Gasteiger partial charge on any atom is -0.487 e. The average molecular weight is 338 g/mol. The van der Waals surface area contributed by atoms with Crippen molar-refractivity contribution in [3.8, 4) is 5.75 Å². The second-order valence-electron chi connectivity index (χ2n) is 7.04. The fourth-order valence-corrected chi connectivity index (χ4v) is 4.07. The summed E-state index contributed by atoms with van der Waals surface area (Å²) in [5, 5.41) is 3.10. The molecule has 2 N–H and O–H groups in total. The number of amides is 1. The third-order valence-corrected chi connectivity index (χ3v) is 5.28. The van der Waals surface area contributed by atoms with Gasteiger partial charge in [-0.3, -0.25) is 9.59 Å². The van der Waals surface area contributed by atoms with Crippen molar-refractivity contribution in [2.75, 3.05) is 0 Å². The molecule has 1 saturated carbocycles. The number of rotatable bonds is 2. The van der Waals surface area contributed by atoms with Crippen LogP contribution in [0.1, 0.15) is 60.6 Å². The molecule has 2 aromatic rings. The molecular formula is C20H22N2O3. The fourth-order valence-electron chi connectivity index (χ4n) is 4.07. The van der Waals surface area contributed by atoms with Crippen LogP contribution in [0.4, 0.5) is 0 Å². The van der Waals surface area contributed by atoms with Gasteiger partial charge in [-0.15, -0.1) is 0 Å². The average Bonchev–Trinajstić information content (AvgIpc) is 2.62. The summed E-state index contributed by atoms with van der Waals surface area (Å²) in [6, 6.07) is 12.4. The van der Waals surface area contributed by atoms with E-state index in [0.717, 1.165) is 43.4 Å². The molecule has 2 aliphatic rings. The molecule has 1 aliphatic carbocycles. The summed E-state index contributed by atoms with van der Waals surface area (Å²) < 4.78 is 6.39. The van der Waals surface area contributed by atoms with Crippen molar-refractivity contribution in [3.63, 3.8) is 0 Å². The van der Waals surface area contributed by atoms with E-state index in [2.05, 4.69) is 10.3 Å². The van der Waals surface area contributed by atoms with Crippen LogP contribution in [0.15, 0.2) is 47.3 Å². The molecule has 25 heavy (non-hydrogen) atoms. The molecular weight excluding hydrogens is 316 g/mol. The Morgan fingerprint density at radius 2 is 1.88 bits per heavy atom. The van der Waals surface area contributed by atoms with E-state index in [0.29, 0.717) is 0 Å². The molecule has 0 unspecified atom stereocenters. The Labute approximate surface area is 146 Å². The maximum absolute atomic E-state index is 12.6. The number of hydrogen-bond acceptors (Lipinski definition) is 3. The lowest BCUT2D eigenvalue weighted by molar-refractivity contribution is -0.00212. The summed E-state index contributed by atoms with van der Waals surface area (Å²) in [5.74, 6) is 0.605. The minimum absolute atomic E-state index is 0.112. The molecule has 1 aliphatic heterocycles. The van der Waals surface area contributed by atoms with Crippen LogP contribution >= 0.6 is 0 Å². The number of aromatic amines is 1. The maximum atomic E-state index is 12.6. The Bertz CT molecular complexity index is 837. The molecule has 4 rings (SSSR count). The Balaban J connectivity index is 1.63. The minimum atomic E-state index is -0.274. The van der Waals surface area contributed by atoms with E-state index in [1.807, 2.05) is 24.3 Å². The van der Waals surface area contributed by atoms with Gasteiger partial charge in [-0.1, -0.05) is 30.7 Å². The Hall–Kier alpha value is -2.56. The first-order chi connectivity index (χ1) is 12.2. The normalized spacial score (nSPS) is 21.2. The highest BCUT2D eigenvalue weighted by molar-refractivity contribution is 5.92. The standard InChI is InChI=1S/C20H22N2O3/c23-18-10-6-8-15(21-18)19(24)22-16-13-20(11-4-1-5-12-20)25-17-9-3-2-7-14(16)17/h2-3,6-10,16H,1,4-5,11-13H2,(H,21,23)(H,22,24)/t16-/m1/s1. The molecule has 1 aromatic carbocycles. The zero-order valence-electron chi connectivity index (χ0n) is 14.1. The van der Waals surface area contributed by atoms with Gasteiger partial charge < -0.3 is 15.0 Å².